The molecule has 0 bridgehead atoms. The molecular formula is C11H22N2O2. The summed E-state index contributed by atoms with van der Waals surface area (Å²) >= 11 is 0. The van der Waals surface area contributed by atoms with Gasteiger partial charge in [0.25, 0.3) is 0 Å². The SMILES string of the molecule is CN1CCCC(CCN)(CCC(=O)O)C1. The van der Waals surface area contributed by atoms with Crippen LogP contribution in [0, 0.1) is 5.41 Å². The van der Waals surface area contributed by atoms with Crippen molar-refractivity contribution in [1.29, 1.82) is 0 Å². The number of aliphatic carboxylic acids is 1. The summed E-state index contributed by atoms with van der Waals surface area (Å²) < 4.78 is 0. The first kappa shape index (κ1) is 12.5. The van der Waals surface area contributed by atoms with Gasteiger partial charge in [0.05, 0.1) is 0 Å². The minimum Gasteiger partial charge on any atom is -0.481 e. The monoisotopic (exact) mass is 214 g/mol. The molecule has 1 aliphatic heterocycles. The summed E-state index contributed by atoms with van der Waals surface area (Å²) in [6.45, 7) is 2.78. The van der Waals surface area contributed by atoms with Gasteiger partial charge in [-0.1, -0.05) is 0 Å². The van der Waals surface area contributed by atoms with E-state index in [1.54, 1.807) is 0 Å². The summed E-state index contributed by atoms with van der Waals surface area (Å²) in [4.78, 5) is 12.9. The molecule has 1 saturated heterocycles. The Hall–Kier alpha value is -0.610. The van der Waals surface area contributed by atoms with Crippen LogP contribution in [0.1, 0.15) is 32.1 Å². The van der Waals surface area contributed by atoms with E-state index in [9.17, 15) is 4.79 Å². The second-order valence-corrected chi connectivity index (χ2v) is 4.77. The summed E-state index contributed by atoms with van der Waals surface area (Å²) in [6.07, 6.45) is 4.28. The third kappa shape index (κ3) is 3.80. The first-order valence-electron chi connectivity index (χ1n) is 5.68. The number of nitrogens with two attached hydrogens (primary N) is 1. The molecule has 1 aliphatic rings. The van der Waals surface area contributed by atoms with E-state index in [0.29, 0.717) is 6.54 Å². The number of hydrogen-bond acceptors (Lipinski definition) is 3. The van der Waals surface area contributed by atoms with Crippen molar-refractivity contribution in [3.8, 4) is 0 Å². The van der Waals surface area contributed by atoms with Gasteiger partial charge in [-0.25, -0.2) is 0 Å². The van der Waals surface area contributed by atoms with Crippen molar-refractivity contribution in [3.63, 3.8) is 0 Å². The molecule has 1 heterocycles. The van der Waals surface area contributed by atoms with E-state index < -0.39 is 5.97 Å². The lowest BCUT2D eigenvalue weighted by atomic mass is 9.74. The Kier molecular flexibility index (Phi) is 4.54. The fraction of sp³-hybridized carbons (Fsp3) is 0.909. The molecule has 0 saturated carbocycles. The van der Waals surface area contributed by atoms with E-state index in [1.807, 2.05) is 0 Å². The van der Waals surface area contributed by atoms with Crippen molar-refractivity contribution in [3.05, 3.63) is 0 Å². The molecule has 0 spiro atoms. The Bertz CT molecular complexity index is 217. The van der Waals surface area contributed by atoms with Gasteiger partial charge in [0.1, 0.15) is 0 Å². The third-order valence-corrected chi connectivity index (χ3v) is 3.40. The Morgan fingerprint density at radius 1 is 1.53 bits per heavy atom. The second kappa shape index (κ2) is 5.47. The first-order valence-corrected chi connectivity index (χ1v) is 5.68. The van der Waals surface area contributed by atoms with Gasteiger partial charge in [-0.3, -0.25) is 4.79 Å². The van der Waals surface area contributed by atoms with Crippen LogP contribution in [-0.4, -0.2) is 42.7 Å². The fourth-order valence-electron chi connectivity index (χ4n) is 2.67. The van der Waals surface area contributed by atoms with Crippen molar-refractivity contribution < 1.29 is 9.90 Å². The van der Waals surface area contributed by atoms with Crippen LogP contribution >= 0.6 is 0 Å². The minimum absolute atomic E-state index is 0.153. The molecule has 0 amide bonds. The Morgan fingerprint density at radius 2 is 2.27 bits per heavy atom. The number of carbonyl (C=O) groups is 1. The Morgan fingerprint density at radius 3 is 2.80 bits per heavy atom. The van der Waals surface area contributed by atoms with Crippen LogP contribution in [0.5, 0.6) is 0 Å². The van der Waals surface area contributed by atoms with Gasteiger partial charge < -0.3 is 15.7 Å². The number of hydrogen-bond donors (Lipinski definition) is 2. The Labute approximate surface area is 91.4 Å². The summed E-state index contributed by atoms with van der Waals surface area (Å²) in [7, 11) is 2.10. The van der Waals surface area contributed by atoms with Crippen LogP contribution < -0.4 is 5.73 Å². The zero-order valence-corrected chi connectivity index (χ0v) is 9.54. The zero-order chi connectivity index (χ0) is 11.3. The predicted molar refractivity (Wildman–Crippen MR) is 59.7 cm³/mol. The maximum absolute atomic E-state index is 10.6. The van der Waals surface area contributed by atoms with Gasteiger partial charge in [0.15, 0.2) is 0 Å². The Balaban J connectivity index is 2.55. The smallest absolute Gasteiger partial charge is 0.303 e. The number of carboxylic acid groups (broad SMARTS) is 1. The molecule has 0 aromatic rings. The zero-order valence-electron chi connectivity index (χ0n) is 9.54. The summed E-state index contributed by atoms with van der Waals surface area (Å²) in [6, 6.07) is 0. The quantitative estimate of drug-likeness (QED) is 0.714. The lowest BCUT2D eigenvalue weighted by Gasteiger charge is -2.41. The molecule has 0 aromatic heterocycles. The van der Waals surface area contributed by atoms with Crippen LogP contribution in [0.25, 0.3) is 0 Å². The average Bonchev–Trinajstić information content (AvgIpc) is 2.15. The topological polar surface area (TPSA) is 66.6 Å². The highest BCUT2D eigenvalue weighted by Crippen LogP contribution is 2.37. The standard InChI is InChI=1S/C11H22N2O2/c1-13-8-2-4-11(9-13,6-7-12)5-3-10(14)15/h2-9,12H2,1H3,(H,14,15). The largest absolute Gasteiger partial charge is 0.481 e. The van der Waals surface area contributed by atoms with Gasteiger partial charge in [-0.05, 0) is 51.2 Å². The van der Waals surface area contributed by atoms with E-state index in [-0.39, 0.29) is 11.8 Å². The normalized spacial score (nSPS) is 27.9. The second-order valence-electron chi connectivity index (χ2n) is 4.77. The number of piperidine rings is 1. The lowest BCUT2D eigenvalue weighted by molar-refractivity contribution is -0.138. The van der Waals surface area contributed by atoms with Crippen LogP contribution in [0.4, 0.5) is 0 Å². The molecular weight excluding hydrogens is 192 g/mol. The summed E-state index contributed by atoms with van der Waals surface area (Å²) in [5.74, 6) is -0.695. The molecule has 1 unspecified atom stereocenters. The molecule has 15 heavy (non-hydrogen) atoms. The molecule has 4 heteroatoms. The lowest BCUT2D eigenvalue weighted by Crippen LogP contribution is -2.42. The van der Waals surface area contributed by atoms with Crippen LogP contribution in [0.3, 0.4) is 0 Å². The van der Waals surface area contributed by atoms with Gasteiger partial charge in [0, 0.05) is 13.0 Å². The van der Waals surface area contributed by atoms with E-state index in [1.165, 1.54) is 0 Å². The number of likely N-dealkylation sites (tertiary alicyclic amines) is 1. The van der Waals surface area contributed by atoms with Crippen molar-refractivity contribution in [2.75, 3.05) is 26.7 Å². The maximum Gasteiger partial charge on any atom is 0.303 e. The van der Waals surface area contributed by atoms with Crippen molar-refractivity contribution >= 4 is 5.97 Å². The molecule has 0 aliphatic carbocycles. The maximum atomic E-state index is 10.6. The minimum atomic E-state index is -0.695. The number of carboxylic acids is 1. The molecule has 1 fully saturated rings. The van der Waals surface area contributed by atoms with Gasteiger partial charge >= 0.3 is 5.97 Å². The third-order valence-electron chi connectivity index (χ3n) is 3.40. The average molecular weight is 214 g/mol. The van der Waals surface area contributed by atoms with Crippen molar-refractivity contribution in [2.24, 2.45) is 11.1 Å². The van der Waals surface area contributed by atoms with E-state index in [0.717, 1.165) is 38.8 Å². The van der Waals surface area contributed by atoms with E-state index >= 15 is 0 Å². The molecule has 4 nitrogen and oxygen atoms in total. The first-order chi connectivity index (χ1) is 7.08. The van der Waals surface area contributed by atoms with Crippen LogP contribution in [0.2, 0.25) is 0 Å². The highest BCUT2D eigenvalue weighted by atomic mass is 16.4. The number of rotatable bonds is 5. The van der Waals surface area contributed by atoms with Crippen LogP contribution in [0.15, 0.2) is 0 Å². The summed E-state index contributed by atoms with van der Waals surface area (Å²) in [5, 5.41) is 8.75. The van der Waals surface area contributed by atoms with Crippen molar-refractivity contribution in [2.45, 2.75) is 32.1 Å². The number of nitrogens with zero attached hydrogens (tertiary/aromatic N) is 1. The molecule has 1 rings (SSSR count). The van der Waals surface area contributed by atoms with Gasteiger partial charge in [0.2, 0.25) is 0 Å². The van der Waals surface area contributed by atoms with Gasteiger partial charge in [-0.15, -0.1) is 0 Å². The highest BCUT2D eigenvalue weighted by Gasteiger charge is 2.33. The van der Waals surface area contributed by atoms with Gasteiger partial charge in [-0.2, -0.15) is 0 Å². The predicted octanol–water partition coefficient (Wildman–Crippen LogP) is 0.912. The van der Waals surface area contributed by atoms with E-state index in [4.69, 9.17) is 10.8 Å². The molecule has 1 atom stereocenters. The van der Waals surface area contributed by atoms with Crippen LogP contribution in [-0.2, 0) is 4.79 Å². The van der Waals surface area contributed by atoms with E-state index in [2.05, 4.69) is 11.9 Å². The molecule has 0 radical (unpaired) electrons. The summed E-state index contributed by atoms with van der Waals surface area (Å²) in [5.41, 5.74) is 5.78. The molecule has 88 valence electrons. The molecule has 0 aromatic carbocycles. The fourth-order valence-corrected chi connectivity index (χ4v) is 2.67. The molecule has 3 N–H and O–H groups in total. The highest BCUT2D eigenvalue weighted by molar-refractivity contribution is 5.66. The van der Waals surface area contributed by atoms with Crippen molar-refractivity contribution in [1.82, 2.24) is 4.90 Å².